The van der Waals surface area contributed by atoms with E-state index in [4.69, 9.17) is 11.6 Å². The van der Waals surface area contributed by atoms with Gasteiger partial charge in [0.05, 0.1) is 22.8 Å². The lowest BCUT2D eigenvalue weighted by atomic mass is 10.1. The molecule has 0 bridgehead atoms. The molecule has 6 rings (SSSR count). The largest absolute Gasteiger partial charge is 0.355 e. The van der Waals surface area contributed by atoms with Gasteiger partial charge >= 0.3 is 0 Å². The van der Waals surface area contributed by atoms with E-state index in [0.717, 1.165) is 59.1 Å². The molecule has 0 atom stereocenters. The molecule has 0 saturated carbocycles. The first-order valence-electron chi connectivity index (χ1n) is 11.0. The van der Waals surface area contributed by atoms with Gasteiger partial charge in [-0.15, -0.1) is 0 Å². The van der Waals surface area contributed by atoms with Crippen molar-refractivity contribution in [2.75, 3.05) is 13.1 Å². The summed E-state index contributed by atoms with van der Waals surface area (Å²) in [7, 11) is 0. The number of imidazole rings is 1. The molecule has 0 radical (unpaired) electrons. The standard InChI is InChI=1S/C24H22ClN7O/c25-15-2-4-18-14(9-15)11-20(29-18)13-1-3-19-21(10-13)31-23(30-19)22-17(12-27-32-22)24(33)28-16-5-7-26-8-6-16/h1-4,9-12,16,26,29H,5-8H2,(H,27,32)(H,28,33)(H,30,31). The molecular weight excluding hydrogens is 438 g/mol. The fraction of sp³-hybridized carbons (Fsp3) is 0.208. The highest BCUT2D eigenvalue weighted by molar-refractivity contribution is 6.31. The second-order valence-corrected chi connectivity index (χ2v) is 8.82. The number of nitrogens with one attached hydrogen (secondary N) is 5. The average Bonchev–Trinajstić information content (AvgIpc) is 3.56. The zero-order chi connectivity index (χ0) is 22.4. The molecule has 33 heavy (non-hydrogen) atoms. The van der Waals surface area contributed by atoms with E-state index in [-0.39, 0.29) is 11.9 Å². The molecule has 2 aromatic carbocycles. The molecule has 1 fully saturated rings. The predicted molar refractivity (Wildman–Crippen MR) is 129 cm³/mol. The SMILES string of the molecule is O=C(NC1CCNCC1)c1cn[nH]c1-c1nc2ccc(-c3cc4cc(Cl)ccc4[nH]3)cc2[nH]1. The van der Waals surface area contributed by atoms with Crippen LogP contribution in [0.5, 0.6) is 0 Å². The molecule has 5 N–H and O–H groups in total. The van der Waals surface area contributed by atoms with Gasteiger partial charge in [0.15, 0.2) is 5.82 Å². The molecule has 4 heterocycles. The number of piperidine rings is 1. The fourth-order valence-corrected chi connectivity index (χ4v) is 4.60. The number of amides is 1. The van der Waals surface area contributed by atoms with Crippen LogP contribution in [0.3, 0.4) is 0 Å². The highest BCUT2D eigenvalue weighted by Gasteiger charge is 2.22. The monoisotopic (exact) mass is 459 g/mol. The Morgan fingerprint density at radius 1 is 1.03 bits per heavy atom. The predicted octanol–water partition coefficient (Wildman–Crippen LogP) is 4.24. The molecule has 9 heteroatoms. The topological polar surface area (TPSA) is 114 Å². The average molecular weight is 460 g/mol. The number of H-pyrrole nitrogens is 3. The second kappa shape index (κ2) is 8.06. The number of fused-ring (bicyclic) bond motifs is 2. The van der Waals surface area contributed by atoms with Crippen molar-refractivity contribution >= 4 is 39.4 Å². The number of nitrogens with zero attached hydrogens (tertiary/aromatic N) is 2. The lowest BCUT2D eigenvalue weighted by Crippen LogP contribution is -2.42. The Hall–Kier alpha value is -3.62. The first-order chi connectivity index (χ1) is 16.1. The Balaban J connectivity index is 1.31. The molecular formula is C24H22ClN7O. The maximum Gasteiger partial charge on any atom is 0.255 e. The molecule has 5 aromatic rings. The van der Waals surface area contributed by atoms with Crippen LogP contribution in [-0.2, 0) is 0 Å². The van der Waals surface area contributed by atoms with Gasteiger partial charge in [-0.05, 0) is 62.3 Å². The van der Waals surface area contributed by atoms with Crippen molar-refractivity contribution in [2.45, 2.75) is 18.9 Å². The summed E-state index contributed by atoms with van der Waals surface area (Å²) >= 11 is 6.13. The Kier molecular flexibility index (Phi) is 4.89. The lowest BCUT2D eigenvalue weighted by molar-refractivity contribution is 0.0930. The van der Waals surface area contributed by atoms with Gasteiger partial charge in [0.1, 0.15) is 5.69 Å². The molecule has 3 aromatic heterocycles. The quantitative estimate of drug-likeness (QED) is 0.276. The van der Waals surface area contributed by atoms with Crippen LogP contribution in [0.15, 0.2) is 48.7 Å². The van der Waals surface area contributed by atoms with E-state index >= 15 is 0 Å². The number of aromatic nitrogens is 5. The molecule has 0 spiro atoms. The fourth-order valence-electron chi connectivity index (χ4n) is 4.42. The van der Waals surface area contributed by atoms with Gasteiger partial charge in [-0.25, -0.2) is 4.98 Å². The van der Waals surface area contributed by atoms with E-state index in [1.807, 2.05) is 36.4 Å². The first kappa shape index (κ1) is 20.0. The molecule has 0 unspecified atom stereocenters. The number of aromatic amines is 3. The lowest BCUT2D eigenvalue weighted by Gasteiger charge is -2.23. The Bertz CT molecular complexity index is 1470. The second-order valence-electron chi connectivity index (χ2n) is 8.39. The van der Waals surface area contributed by atoms with Crippen LogP contribution in [0.4, 0.5) is 0 Å². The van der Waals surface area contributed by atoms with Gasteiger partial charge < -0.3 is 20.6 Å². The summed E-state index contributed by atoms with van der Waals surface area (Å²) in [5, 5.41) is 15.2. The molecule has 1 aliphatic heterocycles. The van der Waals surface area contributed by atoms with Crippen LogP contribution < -0.4 is 10.6 Å². The number of hydrogen-bond donors (Lipinski definition) is 5. The van der Waals surface area contributed by atoms with E-state index in [1.54, 1.807) is 6.20 Å². The van der Waals surface area contributed by atoms with Crippen LogP contribution in [0.1, 0.15) is 23.2 Å². The number of carbonyl (C=O) groups excluding carboxylic acids is 1. The van der Waals surface area contributed by atoms with Gasteiger partial charge in [0.25, 0.3) is 5.91 Å². The summed E-state index contributed by atoms with van der Waals surface area (Å²) in [6, 6.07) is 14.1. The van der Waals surface area contributed by atoms with Crippen LogP contribution >= 0.6 is 11.6 Å². The van der Waals surface area contributed by atoms with Crippen molar-refractivity contribution in [1.82, 2.24) is 35.8 Å². The number of hydrogen-bond acceptors (Lipinski definition) is 4. The summed E-state index contributed by atoms with van der Waals surface area (Å²) in [5.41, 5.74) is 5.81. The van der Waals surface area contributed by atoms with Gasteiger partial charge in [-0.1, -0.05) is 17.7 Å². The third-order valence-corrected chi connectivity index (χ3v) is 6.41. The van der Waals surface area contributed by atoms with E-state index in [9.17, 15) is 4.79 Å². The minimum atomic E-state index is -0.136. The number of benzene rings is 2. The summed E-state index contributed by atoms with van der Waals surface area (Å²) in [6.07, 6.45) is 3.40. The number of halogens is 1. The van der Waals surface area contributed by atoms with E-state index in [0.29, 0.717) is 22.1 Å². The zero-order valence-corrected chi connectivity index (χ0v) is 18.5. The first-order valence-corrected chi connectivity index (χ1v) is 11.4. The molecule has 1 amide bonds. The van der Waals surface area contributed by atoms with Gasteiger partial charge in [0.2, 0.25) is 0 Å². The Morgan fingerprint density at radius 3 is 2.79 bits per heavy atom. The minimum Gasteiger partial charge on any atom is -0.355 e. The van der Waals surface area contributed by atoms with Crippen LogP contribution in [-0.4, -0.2) is 50.2 Å². The summed E-state index contributed by atoms with van der Waals surface area (Å²) in [5.74, 6) is 0.446. The molecule has 8 nitrogen and oxygen atoms in total. The van der Waals surface area contributed by atoms with Gasteiger partial charge in [-0.2, -0.15) is 5.10 Å². The summed E-state index contributed by atoms with van der Waals surface area (Å²) < 4.78 is 0. The van der Waals surface area contributed by atoms with Crippen molar-refractivity contribution in [3.05, 3.63) is 59.2 Å². The van der Waals surface area contributed by atoms with Gasteiger partial charge in [-0.3, -0.25) is 9.89 Å². The Morgan fingerprint density at radius 2 is 1.91 bits per heavy atom. The van der Waals surface area contributed by atoms with E-state index in [1.165, 1.54) is 0 Å². The Labute approximate surface area is 194 Å². The number of carbonyl (C=O) groups is 1. The normalized spacial score (nSPS) is 14.8. The van der Waals surface area contributed by atoms with Crippen molar-refractivity contribution in [1.29, 1.82) is 0 Å². The van der Waals surface area contributed by atoms with E-state index in [2.05, 4.69) is 41.8 Å². The minimum absolute atomic E-state index is 0.136. The zero-order valence-electron chi connectivity index (χ0n) is 17.7. The highest BCUT2D eigenvalue weighted by atomic mass is 35.5. The maximum absolute atomic E-state index is 12.9. The van der Waals surface area contributed by atoms with Crippen LogP contribution in [0.25, 0.3) is 44.7 Å². The van der Waals surface area contributed by atoms with Gasteiger partial charge in [0, 0.05) is 33.2 Å². The van der Waals surface area contributed by atoms with Crippen molar-refractivity contribution in [2.24, 2.45) is 0 Å². The molecule has 1 saturated heterocycles. The van der Waals surface area contributed by atoms with Crippen LogP contribution in [0, 0.1) is 0 Å². The van der Waals surface area contributed by atoms with Crippen molar-refractivity contribution in [3.8, 4) is 22.8 Å². The molecule has 0 aliphatic carbocycles. The van der Waals surface area contributed by atoms with Crippen LogP contribution in [0.2, 0.25) is 5.02 Å². The third kappa shape index (κ3) is 3.77. The van der Waals surface area contributed by atoms with Crippen molar-refractivity contribution < 1.29 is 4.79 Å². The van der Waals surface area contributed by atoms with Crippen molar-refractivity contribution in [3.63, 3.8) is 0 Å². The third-order valence-electron chi connectivity index (χ3n) is 6.17. The number of rotatable bonds is 4. The molecule has 1 aliphatic rings. The summed E-state index contributed by atoms with van der Waals surface area (Å²) in [4.78, 5) is 24.4. The maximum atomic E-state index is 12.9. The smallest absolute Gasteiger partial charge is 0.255 e. The molecule has 166 valence electrons. The summed E-state index contributed by atoms with van der Waals surface area (Å²) in [6.45, 7) is 1.83. The highest BCUT2D eigenvalue weighted by Crippen LogP contribution is 2.29. The van der Waals surface area contributed by atoms with E-state index < -0.39 is 0 Å².